The molecule has 0 aromatic heterocycles. The first-order valence-corrected chi connectivity index (χ1v) is 7.44. The smallest absolute Gasteiger partial charge is 0.252 e. The minimum Gasteiger partial charge on any atom is -0.348 e. The van der Waals surface area contributed by atoms with Crippen molar-refractivity contribution in [2.24, 2.45) is 11.7 Å². The standard InChI is InChI=1S/C14H22N2OS.ClH/c1-10(2)8-11(9-15)16-14(17)12-6-4-5-7-13(12)18-3;/h4-7,10-11H,8-9,15H2,1-3H3,(H,16,17);1H. The van der Waals surface area contributed by atoms with E-state index in [4.69, 9.17) is 5.73 Å². The van der Waals surface area contributed by atoms with E-state index >= 15 is 0 Å². The van der Waals surface area contributed by atoms with E-state index in [0.717, 1.165) is 16.9 Å². The Hall–Kier alpha value is -0.710. The van der Waals surface area contributed by atoms with Crippen LogP contribution in [0, 0.1) is 5.92 Å². The van der Waals surface area contributed by atoms with Crippen LogP contribution >= 0.6 is 24.2 Å². The van der Waals surface area contributed by atoms with Gasteiger partial charge in [-0.25, -0.2) is 0 Å². The number of carbonyl (C=O) groups excluding carboxylic acids is 1. The SMILES string of the molecule is CSc1ccccc1C(=O)NC(CN)CC(C)C.Cl. The summed E-state index contributed by atoms with van der Waals surface area (Å²) in [7, 11) is 0. The Morgan fingerprint density at radius 2 is 2.00 bits per heavy atom. The Bertz CT molecular complexity index is 399. The lowest BCUT2D eigenvalue weighted by molar-refractivity contribution is 0.0931. The highest BCUT2D eigenvalue weighted by Crippen LogP contribution is 2.19. The average Bonchev–Trinajstić information content (AvgIpc) is 2.37. The van der Waals surface area contributed by atoms with Crippen molar-refractivity contribution in [3.8, 4) is 0 Å². The van der Waals surface area contributed by atoms with E-state index in [1.807, 2.05) is 30.5 Å². The Labute approximate surface area is 126 Å². The van der Waals surface area contributed by atoms with Gasteiger partial charge in [0.15, 0.2) is 0 Å². The summed E-state index contributed by atoms with van der Waals surface area (Å²) in [5.41, 5.74) is 6.43. The largest absolute Gasteiger partial charge is 0.348 e. The van der Waals surface area contributed by atoms with E-state index in [-0.39, 0.29) is 24.4 Å². The van der Waals surface area contributed by atoms with Crippen LogP contribution in [0.3, 0.4) is 0 Å². The molecule has 1 amide bonds. The lowest BCUT2D eigenvalue weighted by Gasteiger charge is -2.19. The fourth-order valence-electron chi connectivity index (χ4n) is 1.88. The third kappa shape index (κ3) is 5.85. The zero-order chi connectivity index (χ0) is 13.5. The minimum atomic E-state index is -0.0314. The molecule has 1 aromatic rings. The molecule has 19 heavy (non-hydrogen) atoms. The van der Waals surface area contributed by atoms with Gasteiger partial charge >= 0.3 is 0 Å². The molecule has 0 saturated heterocycles. The van der Waals surface area contributed by atoms with E-state index in [2.05, 4.69) is 19.2 Å². The third-order valence-electron chi connectivity index (χ3n) is 2.73. The van der Waals surface area contributed by atoms with Crippen LogP contribution in [-0.4, -0.2) is 24.7 Å². The molecule has 0 bridgehead atoms. The third-order valence-corrected chi connectivity index (χ3v) is 3.52. The number of nitrogens with two attached hydrogens (primary N) is 1. The highest BCUT2D eigenvalue weighted by Gasteiger charge is 2.15. The van der Waals surface area contributed by atoms with Crippen molar-refractivity contribution in [2.45, 2.75) is 31.2 Å². The maximum Gasteiger partial charge on any atom is 0.252 e. The topological polar surface area (TPSA) is 55.1 Å². The average molecular weight is 303 g/mol. The van der Waals surface area contributed by atoms with Crippen LogP contribution in [0.5, 0.6) is 0 Å². The molecule has 0 aliphatic heterocycles. The van der Waals surface area contributed by atoms with Crippen LogP contribution in [0.25, 0.3) is 0 Å². The molecule has 3 N–H and O–H groups in total. The van der Waals surface area contributed by atoms with Crippen molar-refractivity contribution in [3.05, 3.63) is 29.8 Å². The lowest BCUT2D eigenvalue weighted by Crippen LogP contribution is -2.41. The van der Waals surface area contributed by atoms with Gasteiger partial charge in [0.25, 0.3) is 5.91 Å². The summed E-state index contributed by atoms with van der Waals surface area (Å²) in [6.45, 7) is 4.74. The number of hydrogen-bond donors (Lipinski definition) is 2. The molecule has 1 unspecified atom stereocenters. The van der Waals surface area contributed by atoms with E-state index in [0.29, 0.717) is 12.5 Å². The van der Waals surface area contributed by atoms with E-state index < -0.39 is 0 Å². The van der Waals surface area contributed by atoms with Crippen molar-refractivity contribution in [1.29, 1.82) is 0 Å². The Morgan fingerprint density at radius 1 is 1.37 bits per heavy atom. The van der Waals surface area contributed by atoms with E-state index in [1.54, 1.807) is 11.8 Å². The molecule has 0 fully saturated rings. The van der Waals surface area contributed by atoms with Gasteiger partial charge in [0.05, 0.1) is 5.56 Å². The number of carbonyl (C=O) groups is 1. The Kier molecular flexibility index (Phi) is 8.89. The molecule has 1 atom stereocenters. The van der Waals surface area contributed by atoms with Crippen molar-refractivity contribution in [1.82, 2.24) is 5.32 Å². The van der Waals surface area contributed by atoms with Crippen LogP contribution in [0.4, 0.5) is 0 Å². The van der Waals surface area contributed by atoms with E-state index in [1.165, 1.54) is 0 Å². The quantitative estimate of drug-likeness (QED) is 0.794. The molecule has 1 rings (SSSR count). The predicted octanol–water partition coefficient (Wildman–Crippen LogP) is 2.93. The maximum absolute atomic E-state index is 12.2. The van der Waals surface area contributed by atoms with Crippen LogP contribution in [0.15, 0.2) is 29.2 Å². The van der Waals surface area contributed by atoms with Crippen LogP contribution in [0.1, 0.15) is 30.6 Å². The number of halogens is 1. The fourth-order valence-corrected chi connectivity index (χ4v) is 2.47. The summed E-state index contributed by atoms with van der Waals surface area (Å²) in [5.74, 6) is 0.491. The lowest BCUT2D eigenvalue weighted by atomic mass is 10.0. The van der Waals surface area contributed by atoms with Crippen molar-refractivity contribution < 1.29 is 4.79 Å². The van der Waals surface area contributed by atoms with Crippen molar-refractivity contribution in [2.75, 3.05) is 12.8 Å². The number of thioether (sulfide) groups is 1. The van der Waals surface area contributed by atoms with Gasteiger partial charge in [-0.2, -0.15) is 0 Å². The van der Waals surface area contributed by atoms with Gasteiger partial charge in [-0.1, -0.05) is 26.0 Å². The molecule has 0 heterocycles. The van der Waals surface area contributed by atoms with Crippen LogP contribution in [-0.2, 0) is 0 Å². The highest BCUT2D eigenvalue weighted by molar-refractivity contribution is 7.98. The van der Waals surface area contributed by atoms with Gasteiger partial charge in [0.2, 0.25) is 0 Å². The van der Waals surface area contributed by atoms with Gasteiger partial charge in [-0.15, -0.1) is 24.2 Å². The first kappa shape index (κ1) is 18.3. The van der Waals surface area contributed by atoms with Gasteiger partial charge in [-0.3, -0.25) is 4.79 Å². The van der Waals surface area contributed by atoms with Gasteiger partial charge in [0.1, 0.15) is 0 Å². The summed E-state index contributed by atoms with van der Waals surface area (Å²) in [4.78, 5) is 13.2. The predicted molar refractivity (Wildman–Crippen MR) is 85.2 cm³/mol. The molecule has 108 valence electrons. The zero-order valence-corrected chi connectivity index (χ0v) is 13.3. The molecular formula is C14H23ClN2OS. The molecule has 0 saturated carbocycles. The zero-order valence-electron chi connectivity index (χ0n) is 11.7. The van der Waals surface area contributed by atoms with Crippen molar-refractivity contribution in [3.63, 3.8) is 0 Å². The van der Waals surface area contributed by atoms with Crippen LogP contribution in [0.2, 0.25) is 0 Å². The molecule has 3 nitrogen and oxygen atoms in total. The molecule has 0 spiro atoms. The summed E-state index contributed by atoms with van der Waals surface area (Å²) in [6.07, 6.45) is 2.88. The molecule has 0 aliphatic carbocycles. The maximum atomic E-state index is 12.2. The molecule has 5 heteroatoms. The van der Waals surface area contributed by atoms with Crippen molar-refractivity contribution >= 4 is 30.1 Å². The second kappa shape index (κ2) is 9.23. The highest BCUT2D eigenvalue weighted by atomic mass is 35.5. The Balaban J connectivity index is 0.00000324. The summed E-state index contributed by atoms with van der Waals surface area (Å²) >= 11 is 1.58. The molecule has 1 aromatic carbocycles. The monoisotopic (exact) mass is 302 g/mol. The Morgan fingerprint density at radius 3 is 2.53 bits per heavy atom. The molecule has 0 aliphatic rings. The molecular weight excluding hydrogens is 280 g/mol. The summed E-state index contributed by atoms with van der Waals surface area (Å²) < 4.78 is 0. The summed E-state index contributed by atoms with van der Waals surface area (Å²) in [5, 5.41) is 3.01. The number of hydrogen-bond acceptors (Lipinski definition) is 3. The van der Waals surface area contributed by atoms with Gasteiger partial charge < -0.3 is 11.1 Å². The molecule has 0 radical (unpaired) electrons. The normalized spacial score (nSPS) is 11.8. The van der Waals surface area contributed by atoms with Crippen LogP contribution < -0.4 is 11.1 Å². The van der Waals surface area contributed by atoms with E-state index in [9.17, 15) is 4.79 Å². The van der Waals surface area contributed by atoms with Gasteiger partial charge in [-0.05, 0) is 30.7 Å². The van der Waals surface area contributed by atoms with Gasteiger partial charge in [0, 0.05) is 17.5 Å². The number of nitrogens with one attached hydrogen (secondary N) is 1. The minimum absolute atomic E-state index is 0. The fraction of sp³-hybridized carbons (Fsp3) is 0.500. The second-order valence-corrected chi connectivity index (χ2v) is 5.58. The second-order valence-electron chi connectivity index (χ2n) is 4.74. The first-order chi connectivity index (χ1) is 8.58. The number of amides is 1. The number of benzene rings is 1. The summed E-state index contributed by atoms with van der Waals surface area (Å²) in [6, 6.07) is 7.68. The first-order valence-electron chi connectivity index (χ1n) is 6.22. The number of rotatable bonds is 6.